The van der Waals surface area contributed by atoms with Gasteiger partial charge in [0, 0.05) is 22.3 Å². The molecule has 436 valence electrons. The maximum Gasteiger partial charge on any atom is 0.344 e. The topological polar surface area (TPSA) is 208 Å². The number of ether oxygens (including phenoxy) is 10. The van der Waals surface area contributed by atoms with Crippen LogP contribution in [-0.4, -0.2) is 130 Å². The Hall–Kier alpha value is -6.81. The van der Waals surface area contributed by atoms with Crippen LogP contribution in [0.1, 0.15) is 49.9 Å². The highest BCUT2D eigenvalue weighted by Crippen LogP contribution is 2.41. The lowest BCUT2D eigenvalue weighted by molar-refractivity contribution is -0.346. The van der Waals surface area contributed by atoms with E-state index in [1.165, 1.54) is 27.7 Å². The fraction of sp³-hybridized carbons (Fsp3) is 0.355. The van der Waals surface area contributed by atoms with Crippen molar-refractivity contribution >= 4 is 70.3 Å². The van der Waals surface area contributed by atoms with Gasteiger partial charge in [-0.1, -0.05) is 174 Å². The highest BCUT2D eigenvalue weighted by molar-refractivity contribution is 6.76. The second kappa shape index (κ2) is 27.7. The largest absolute Gasteiger partial charge is 0.482 e. The number of hydrogen-bond donors (Lipinski definition) is 1. The van der Waals surface area contributed by atoms with Crippen LogP contribution in [0.5, 0.6) is 5.75 Å². The van der Waals surface area contributed by atoms with Crippen LogP contribution in [0.25, 0.3) is 0 Å². The number of nitrogens with one attached hydrogen (secondary N) is 1. The number of esters is 1. The summed E-state index contributed by atoms with van der Waals surface area (Å²) in [5.74, 6) is -4.33. The standard InChI is InChI=1S/C62H62Cl3N3O15/c1-37-38(2)56(71)67(55(37)70)49-53(77-32-43-24-14-7-15-25-43)51(81-48(69)36-76-45-28-18-9-19-29-45)46(34-74-30-41-20-10-5-11-21-41)79-59(49)82-52-47(35-75-31-42-22-12-6-13-23-42)80-60(83-61(66)62(63,64)65)50(68-57(72)39(3)40(4)58(68)73)54(52)78-33-44-26-16-8-17-27-44/h5-29,46-47,49-54,59-60,66H,30-36H2,1-4H3/t46-,47-,49-,50-,51-,52-,53-,54-,59+,60+/m1/s1. The molecule has 5 aromatic carbocycles. The third kappa shape index (κ3) is 14.6. The van der Waals surface area contributed by atoms with Crippen LogP contribution in [0.3, 0.4) is 0 Å². The lowest BCUT2D eigenvalue weighted by Crippen LogP contribution is -2.71. The van der Waals surface area contributed by atoms with Gasteiger partial charge in [-0.3, -0.25) is 34.4 Å². The normalized spacial score (nSPS) is 24.9. The van der Waals surface area contributed by atoms with E-state index >= 15 is 0 Å². The van der Waals surface area contributed by atoms with Gasteiger partial charge in [0.2, 0.25) is 12.2 Å². The van der Waals surface area contributed by atoms with E-state index in [9.17, 15) is 24.0 Å². The molecule has 18 nitrogen and oxygen atoms in total. The number of imide groups is 2. The van der Waals surface area contributed by atoms with Crippen LogP contribution in [0.4, 0.5) is 0 Å². The van der Waals surface area contributed by atoms with E-state index in [0.717, 1.165) is 20.9 Å². The molecule has 0 bridgehead atoms. The summed E-state index contributed by atoms with van der Waals surface area (Å²) >= 11 is 18.8. The van der Waals surface area contributed by atoms with Crippen molar-refractivity contribution in [3.05, 3.63) is 196 Å². The number of carbonyl (C=O) groups is 5. The van der Waals surface area contributed by atoms with Crippen molar-refractivity contribution < 1.29 is 71.3 Å². The number of para-hydroxylation sites is 1. The van der Waals surface area contributed by atoms with Gasteiger partial charge in [-0.05, 0) is 62.1 Å². The number of alkyl halides is 3. The van der Waals surface area contributed by atoms with Gasteiger partial charge in [-0.2, -0.15) is 0 Å². The Morgan fingerprint density at radius 1 is 0.494 bits per heavy atom. The van der Waals surface area contributed by atoms with Crippen molar-refractivity contribution in [2.45, 2.75) is 119 Å². The predicted molar refractivity (Wildman–Crippen MR) is 303 cm³/mol. The molecule has 10 atom stereocenters. The quantitative estimate of drug-likeness (QED) is 0.0213. The molecule has 2 saturated heterocycles. The van der Waals surface area contributed by atoms with E-state index in [2.05, 4.69) is 0 Å². The monoisotopic (exact) mass is 1190 g/mol. The second-order valence-electron chi connectivity index (χ2n) is 20.2. The lowest BCUT2D eigenvalue weighted by Gasteiger charge is -2.52. The van der Waals surface area contributed by atoms with Gasteiger partial charge in [0.25, 0.3) is 27.4 Å². The smallest absolute Gasteiger partial charge is 0.344 e. The first-order valence-corrected chi connectivity index (χ1v) is 27.9. The van der Waals surface area contributed by atoms with Crippen LogP contribution in [0.2, 0.25) is 0 Å². The number of halogens is 3. The Morgan fingerprint density at radius 2 is 0.855 bits per heavy atom. The van der Waals surface area contributed by atoms with E-state index in [-0.39, 0.29) is 61.9 Å². The summed E-state index contributed by atoms with van der Waals surface area (Å²) in [6, 6.07) is 42.0. The number of amides is 4. The van der Waals surface area contributed by atoms with E-state index in [1.54, 1.807) is 54.6 Å². The van der Waals surface area contributed by atoms with Gasteiger partial charge in [-0.15, -0.1) is 0 Å². The van der Waals surface area contributed by atoms with Gasteiger partial charge in [0.1, 0.15) is 48.4 Å². The molecule has 1 N–H and O–H groups in total. The molecule has 0 spiro atoms. The summed E-state index contributed by atoms with van der Waals surface area (Å²) < 4.78 is 63.6. The van der Waals surface area contributed by atoms with Crippen LogP contribution >= 0.6 is 34.8 Å². The zero-order valence-corrected chi connectivity index (χ0v) is 48.1. The maximum absolute atomic E-state index is 14.8. The van der Waals surface area contributed by atoms with E-state index in [0.29, 0.717) is 16.9 Å². The Kier molecular flexibility index (Phi) is 20.3. The van der Waals surface area contributed by atoms with Crippen LogP contribution in [-0.2, 0) is 93.0 Å². The van der Waals surface area contributed by atoms with Crippen molar-refractivity contribution in [3.8, 4) is 5.75 Å². The molecule has 0 aliphatic carbocycles. The molecule has 21 heteroatoms. The van der Waals surface area contributed by atoms with Crippen molar-refractivity contribution in [2.75, 3.05) is 19.8 Å². The predicted octanol–water partition coefficient (Wildman–Crippen LogP) is 8.93. The summed E-state index contributed by atoms with van der Waals surface area (Å²) in [5, 5.41) is 8.81. The summed E-state index contributed by atoms with van der Waals surface area (Å²) in [6.07, 6.45) is -12.3. The lowest BCUT2D eigenvalue weighted by atomic mass is 9.92. The number of hydrogen-bond acceptors (Lipinski definition) is 16. The van der Waals surface area contributed by atoms with E-state index in [1.807, 2.05) is 97.1 Å². The highest BCUT2D eigenvalue weighted by atomic mass is 35.6. The molecule has 0 aromatic heterocycles. The molecule has 83 heavy (non-hydrogen) atoms. The molecule has 9 rings (SSSR count). The first-order chi connectivity index (χ1) is 40.0. The Bertz CT molecular complexity index is 3100. The third-order valence-electron chi connectivity index (χ3n) is 14.6. The van der Waals surface area contributed by atoms with Crippen LogP contribution in [0, 0.1) is 5.41 Å². The maximum atomic E-state index is 14.8. The van der Waals surface area contributed by atoms with Gasteiger partial charge < -0.3 is 47.4 Å². The second-order valence-corrected chi connectivity index (χ2v) is 22.4. The number of rotatable bonds is 23. The average Bonchev–Trinajstić information content (AvgIpc) is 3.14. The van der Waals surface area contributed by atoms with Crippen molar-refractivity contribution in [1.82, 2.24) is 9.80 Å². The molecule has 0 unspecified atom stereocenters. The molecule has 0 radical (unpaired) electrons. The number of nitrogens with zero attached hydrogens (tertiary/aromatic N) is 2. The number of carbonyl (C=O) groups excluding carboxylic acids is 5. The molecule has 2 fully saturated rings. The zero-order valence-electron chi connectivity index (χ0n) is 45.8. The molecular formula is C62H62Cl3N3O15. The molecule has 0 saturated carbocycles. The van der Waals surface area contributed by atoms with Crippen LogP contribution in [0.15, 0.2) is 174 Å². The Balaban J connectivity index is 1.20. The SMILES string of the molecule is CC1=C(C)C(=O)N([C@H]2[C@H](O[C@H]3[C@H](OCc4ccccc4)[C@@H](N4C(=O)C(C)=C(C)C4=O)[C@H](OC(=N)C(Cl)(Cl)Cl)O[C@@H]3COCc3ccccc3)O[C@H](COCc3ccccc3)[C@@H](OC(=O)COc3ccccc3)[C@@H]2OCc2ccccc2)C1=O. The first kappa shape index (κ1) is 60.8. The molecule has 4 heterocycles. The summed E-state index contributed by atoms with van der Waals surface area (Å²) in [5.41, 5.74) is 3.33. The summed E-state index contributed by atoms with van der Waals surface area (Å²) in [4.78, 5) is 74.9. The fourth-order valence-electron chi connectivity index (χ4n) is 10.0. The van der Waals surface area contributed by atoms with Gasteiger partial charge in [0.15, 0.2) is 19.0 Å². The average molecular weight is 1200 g/mol. The Labute approximate surface area is 495 Å². The van der Waals surface area contributed by atoms with Gasteiger partial charge >= 0.3 is 5.97 Å². The fourth-order valence-corrected chi connectivity index (χ4v) is 10.2. The highest BCUT2D eigenvalue weighted by Gasteiger charge is 2.61. The van der Waals surface area contributed by atoms with Crippen molar-refractivity contribution in [1.29, 1.82) is 5.41 Å². The van der Waals surface area contributed by atoms with Gasteiger partial charge in [-0.25, -0.2) is 4.79 Å². The van der Waals surface area contributed by atoms with Crippen LogP contribution < -0.4 is 4.74 Å². The minimum Gasteiger partial charge on any atom is -0.482 e. The molecule has 5 aromatic rings. The first-order valence-electron chi connectivity index (χ1n) is 26.8. The zero-order chi connectivity index (χ0) is 58.8. The van der Waals surface area contributed by atoms with Crippen molar-refractivity contribution in [2.24, 2.45) is 0 Å². The van der Waals surface area contributed by atoms with Crippen molar-refractivity contribution in [3.63, 3.8) is 0 Å². The molecule has 4 aliphatic heterocycles. The molecular weight excluding hydrogens is 1130 g/mol. The van der Waals surface area contributed by atoms with E-state index < -0.39 is 107 Å². The van der Waals surface area contributed by atoms with Gasteiger partial charge in [0.05, 0.1) is 39.6 Å². The summed E-state index contributed by atoms with van der Waals surface area (Å²) in [7, 11) is 0. The summed E-state index contributed by atoms with van der Waals surface area (Å²) in [6.45, 7) is 4.58. The molecule has 4 amide bonds. The minimum absolute atomic E-state index is 0.0358. The Morgan fingerprint density at radius 3 is 1.28 bits per heavy atom. The van der Waals surface area contributed by atoms with E-state index in [4.69, 9.17) is 87.6 Å². The molecule has 4 aliphatic rings. The number of benzene rings is 5. The minimum atomic E-state index is -2.47. The third-order valence-corrected chi connectivity index (χ3v) is 15.1.